The molecule has 0 aliphatic carbocycles. The Labute approximate surface area is 109 Å². The fraction of sp³-hybridized carbons (Fsp3) is 0.636. The largest absolute Gasteiger partial charge is 0.296 e. The highest BCUT2D eigenvalue weighted by Crippen LogP contribution is 2.29. The third-order valence-corrected chi connectivity index (χ3v) is 5.22. The van der Waals surface area contributed by atoms with Crippen molar-refractivity contribution in [2.24, 2.45) is 5.92 Å². The number of rotatable bonds is 3. The van der Waals surface area contributed by atoms with Crippen LogP contribution in [0.3, 0.4) is 0 Å². The zero-order valence-electron chi connectivity index (χ0n) is 8.75. The molecule has 0 amide bonds. The van der Waals surface area contributed by atoms with E-state index in [1.54, 1.807) is 11.3 Å². The number of likely N-dealkylation sites (tertiary alicyclic amines) is 1. The molecule has 1 aliphatic rings. The van der Waals surface area contributed by atoms with Crippen molar-refractivity contribution in [2.75, 3.05) is 11.9 Å². The molecule has 1 aromatic rings. The van der Waals surface area contributed by atoms with E-state index in [1.807, 2.05) is 0 Å². The van der Waals surface area contributed by atoms with Gasteiger partial charge in [-0.15, -0.1) is 11.3 Å². The SMILES string of the molecule is CC1C(CBr)CCN1Cc1csc(Cl)c1. The van der Waals surface area contributed by atoms with Gasteiger partial charge in [0.15, 0.2) is 0 Å². The molecule has 1 aliphatic heterocycles. The van der Waals surface area contributed by atoms with Crippen molar-refractivity contribution in [2.45, 2.75) is 25.9 Å². The molecule has 1 saturated heterocycles. The van der Waals surface area contributed by atoms with Gasteiger partial charge in [0.2, 0.25) is 0 Å². The molecule has 0 N–H and O–H groups in total. The van der Waals surface area contributed by atoms with E-state index in [-0.39, 0.29) is 0 Å². The highest BCUT2D eigenvalue weighted by atomic mass is 79.9. The highest BCUT2D eigenvalue weighted by Gasteiger charge is 2.29. The molecule has 15 heavy (non-hydrogen) atoms. The minimum absolute atomic E-state index is 0.683. The number of alkyl halides is 1. The summed E-state index contributed by atoms with van der Waals surface area (Å²) in [5.74, 6) is 0.805. The summed E-state index contributed by atoms with van der Waals surface area (Å²) < 4.78 is 0.897. The van der Waals surface area contributed by atoms with Crippen LogP contribution in [-0.2, 0) is 6.54 Å². The Balaban J connectivity index is 1.96. The van der Waals surface area contributed by atoms with Crippen molar-refractivity contribution in [1.82, 2.24) is 4.90 Å². The lowest BCUT2D eigenvalue weighted by Crippen LogP contribution is -2.29. The lowest BCUT2D eigenvalue weighted by Gasteiger charge is -2.23. The molecule has 2 atom stereocenters. The van der Waals surface area contributed by atoms with Crippen LogP contribution in [0.2, 0.25) is 4.34 Å². The van der Waals surface area contributed by atoms with Crippen LogP contribution < -0.4 is 0 Å². The highest BCUT2D eigenvalue weighted by molar-refractivity contribution is 9.09. The molecule has 4 heteroatoms. The van der Waals surface area contributed by atoms with Crippen LogP contribution in [-0.4, -0.2) is 22.8 Å². The van der Waals surface area contributed by atoms with Crippen molar-refractivity contribution in [3.63, 3.8) is 0 Å². The summed E-state index contributed by atoms with van der Waals surface area (Å²) in [6, 6.07) is 2.77. The minimum atomic E-state index is 0.683. The van der Waals surface area contributed by atoms with E-state index in [1.165, 1.54) is 18.5 Å². The van der Waals surface area contributed by atoms with E-state index in [2.05, 4.69) is 39.2 Å². The Bertz CT molecular complexity index is 328. The molecule has 0 saturated carbocycles. The average molecular weight is 309 g/mol. The fourth-order valence-electron chi connectivity index (χ4n) is 2.17. The summed E-state index contributed by atoms with van der Waals surface area (Å²) in [6.07, 6.45) is 1.31. The molecule has 1 aromatic heterocycles. The standard InChI is InChI=1S/C11H15BrClNS/c1-8-10(5-12)2-3-14(8)6-9-4-11(13)15-7-9/h4,7-8,10H,2-3,5-6H2,1H3. The summed E-state index contributed by atoms with van der Waals surface area (Å²) in [4.78, 5) is 2.55. The van der Waals surface area contributed by atoms with E-state index in [9.17, 15) is 0 Å². The van der Waals surface area contributed by atoms with Gasteiger partial charge in [-0.3, -0.25) is 4.90 Å². The van der Waals surface area contributed by atoms with E-state index in [0.29, 0.717) is 6.04 Å². The maximum atomic E-state index is 5.93. The molecular formula is C11H15BrClNS. The maximum Gasteiger partial charge on any atom is 0.0931 e. The first-order valence-electron chi connectivity index (χ1n) is 5.23. The Kier molecular flexibility index (Phi) is 4.10. The first-order chi connectivity index (χ1) is 7.20. The van der Waals surface area contributed by atoms with Gasteiger partial charge < -0.3 is 0 Å². The Morgan fingerprint density at radius 2 is 2.47 bits per heavy atom. The second-order valence-electron chi connectivity index (χ2n) is 4.17. The number of hydrogen-bond donors (Lipinski definition) is 0. The van der Waals surface area contributed by atoms with Crippen molar-refractivity contribution in [3.8, 4) is 0 Å². The predicted molar refractivity (Wildman–Crippen MR) is 71.1 cm³/mol. The molecule has 2 rings (SSSR count). The van der Waals surface area contributed by atoms with Crippen LogP contribution in [0.15, 0.2) is 11.4 Å². The second kappa shape index (κ2) is 5.17. The van der Waals surface area contributed by atoms with Gasteiger partial charge in [-0.25, -0.2) is 0 Å². The molecule has 0 bridgehead atoms. The van der Waals surface area contributed by atoms with E-state index in [4.69, 9.17) is 11.6 Å². The van der Waals surface area contributed by atoms with Crippen molar-refractivity contribution in [1.29, 1.82) is 0 Å². The second-order valence-corrected chi connectivity index (χ2v) is 6.36. The van der Waals surface area contributed by atoms with Gasteiger partial charge >= 0.3 is 0 Å². The zero-order valence-corrected chi connectivity index (χ0v) is 11.9. The topological polar surface area (TPSA) is 3.24 Å². The Morgan fingerprint density at radius 1 is 1.67 bits per heavy atom. The average Bonchev–Trinajstić information content (AvgIpc) is 2.76. The number of nitrogens with zero attached hydrogens (tertiary/aromatic N) is 1. The van der Waals surface area contributed by atoms with E-state index >= 15 is 0 Å². The third kappa shape index (κ3) is 2.76. The number of hydrogen-bond acceptors (Lipinski definition) is 2. The van der Waals surface area contributed by atoms with Gasteiger partial charge in [0.25, 0.3) is 0 Å². The fourth-order valence-corrected chi connectivity index (χ4v) is 3.93. The summed E-state index contributed by atoms with van der Waals surface area (Å²) in [5.41, 5.74) is 1.35. The molecule has 2 heterocycles. The van der Waals surface area contributed by atoms with E-state index < -0.39 is 0 Å². The predicted octanol–water partition coefficient (Wildman–Crippen LogP) is 4.01. The molecule has 84 valence electrons. The third-order valence-electron chi connectivity index (χ3n) is 3.25. The zero-order chi connectivity index (χ0) is 10.8. The van der Waals surface area contributed by atoms with Gasteiger partial charge in [-0.1, -0.05) is 27.5 Å². The van der Waals surface area contributed by atoms with Crippen molar-refractivity contribution >= 4 is 38.9 Å². The monoisotopic (exact) mass is 307 g/mol. The quantitative estimate of drug-likeness (QED) is 0.763. The normalized spacial score (nSPS) is 27.4. The lowest BCUT2D eigenvalue weighted by molar-refractivity contribution is 0.241. The van der Waals surface area contributed by atoms with Gasteiger partial charge in [0, 0.05) is 17.9 Å². The van der Waals surface area contributed by atoms with Gasteiger partial charge in [0.05, 0.1) is 4.34 Å². The maximum absolute atomic E-state index is 5.93. The van der Waals surface area contributed by atoms with Crippen LogP contribution in [0.1, 0.15) is 18.9 Å². The van der Waals surface area contributed by atoms with Crippen molar-refractivity contribution in [3.05, 3.63) is 21.3 Å². The summed E-state index contributed by atoms with van der Waals surface area (Å²) in [7, 11) is 0. The van der Waals surface area contributed by atoms with Crippen LogP contribution in [0.5, 0.6) is 0 Å². The Hall–Kier alpha value is 0.430. The van der Waals surface area contributed by atoms with Crippen LogP contribution in [0.25, 0.3) is 0 Å². The van der Waals surface area contributed by atoms with Crippen molar-refractivity contribution < 1.29 is 0 Å². The molecule has 2 unspecified atom stereocenters. The lowest BCUT2D eigenvalue weighted by atomic mass is 10.1. The molecule has 1 fully saturated rings. The van der Waals surface area contributed by atoms with Crippen LogP contribution >= 0.6 is 38.9 Å². The number of thiophene rings is 1. The first-order valence-corrected chi connectivity index (χ1v) is 7.61. The van der Waals surface area contributed by atoms with Gasteiger partial charge in [-0.05, 0) is 42.8 Å². The molecule has 0 radical (unpaired) electrons. The summed E-state index contributed by atoms with van der Waals surface area (Å²) in [6.45, 7) is 4.59. The smallest absolute Gasteiger partial charge is 0.0931 e. The molecule has 0 spiro atoms. The van der Waals surface area contributed by atoms with E-state index in [0.717, 1.165) is 22.1 Å². The minimum Gasteiger partial charge on any atom is -0.296 e. The Morgan fingerprint density at radius 3 is 3.00 bits per heavy atom. The molecular weight excluding hydrogens is 294 g/mol. The summed E-state index contributed by atoms with van der Waals surface area (Å²) in [5, 5.41) is 3.28. The van der Waals surface area contributed by atoms with Gasteiger partial charge in [0.1, 0.15) is 0 Å². The molecule has 0 aromatic carbocycles. The summed E-state index contributed by atoms with van der Waals surface area (Å²) >= 11 is 11.1. The van der Waals surface area contributed by atoms with Gasteiger partial charge in [-0.2, -0.15) is 0 Å². The van der Waals surface area contributed by atoms with Crippen LogP contribution in [0.4, 0.5) is 0 Å². The number of halogens is 2. The first kappa shape index (κ1) is 11.9. The van der Waals surface area contributed by atoms with Crippen LogP contribution in [0, 0.1) is 5.92 Å². The molecule has 1 nitrogen and oxygen atoms in total.